The Hall–Kier alpha value is -2.38. The molecule has 10 heteroatoms. The fraction of sp³-hybridized carbons (Fsp3) is 0.308. The van der Waals surface area contributed by atoms with Crippen LogP contribution < -0.4 is 0 Å². The molecule has 0 amide bonds. The minimum absolute atomic E-state index is 0.148. The van der Waals surface area contributed by atoms with Gasteiger partial charge in [0.25, 0.3) is 0 Å². The molecule has 0 radical (unpaired) electrons. The first-order valence-corrected chi connectivity index (χ1v) is 14.4. The number of benzene rings is 2. The van der Waals surface area contributed by atoms with E-state index in [-0.39, 0.29) is 6.42 Å². The van der Waals surface area contributed by atoms with Gasteiger partial charge in [0, 0.05) is 22.8 Å². The Morgan fingerprint density at radius 3 is 2.53 bits per heavy atom. The number of esters is 1. The van der Waals surface area contributed by atoms with Gasteiger partial charge >= 0.3 is 5.97 Å². The second-order valence-electron chi connectivity index (χ2n) is 9.32. The molecule has 36 heavy (non-hydrogen) atoms. The fourth-order valence-electron chi connectivity index (χ4n) is 3.43. The summed E-state index contributed by atoms with van der Waals surface area (Å²) in [5.41, 5.74) is -1.07. The average molecular weight is 555 g/mol. The standard InChI is InChI=1S/C26H26ClF2O5PS/c1-26(2,3)25(31)33-15-34-35(4,32)24(19-14-36-23-11-9-17(27)13-18(19)23)22(30)7-5-6-16-8-10-20(28)21(29)12-16/h5-6,8-14,24H,7,15H2,1-4H3/b6-5+. The predicted molar refractivity (Wildman–Crippen MR) is 140 cm³/mol. The number of carbonyl (C=O) groups is 2. The lowest BCUT2D eigenvalue weighted by atomic mass is 9.98. The molecule has 0 aliphatic rings. The third kappa shape index (κ3) is 6.88. The monoisotopic (exact) mass is 554 g/mol. The first-order valence-electron chi connectivity index (χ1n) is 11.0. The Bertz CT molecular complexity index is 1360. The number of carbonyl (C=O) groups excluding carboxylic acids is 2. The number of hydrogen-bond donors (Lipinski definition) is 0. The van der Waals surface area contributed by atoms with Gasteiger partial charge in [0.2, 0.25) is 7.37 Å². The number of hydrogen-bond acceptors (Lipinski definition) is 6. The number of allylic oxidation sites excluding steroid dienone is 1. The van der Waals surface area contributed by atoms with E-state index in [1.54, 1.807) is 38.3 Å². The number of ketones is 1. The van der Waals surface area contributed by atoms with E-state index in [4.69, 9.17) is 20.9 Å². The molecule has 0 aliphatic heterocycles. The summed E-state index contributed by atoms with van der Waals surface area (Å²) < 4.78 is 51.9. The SMILES string of the molecule is CC(C)(C)C(=O)OCOP(C)(=O)C(C(=O)C/C=C/c1ccc(F)c(F)c1)c1csc2ccc(Cl)cc12. The van der Waals surface area contributed by atoms with Crippen molar-refractivity contribution in [1.29, 1.82) is 0 Å². The third-order valence-corrected chi connectivity index (χ3v) is 8.66. The minimum atomic E-state index is -3.71. The van der Waals surface area contributed by atoms with Crippen molar-refractivity contribution >= 4 is 58.2 Å². The molecule has 0 N–H and O–H groups in total. The number of halogens is 3. The lowest BCUT2D eigenvalue weighted by molar-refractivity contribution is -0.159. The van der Waals surface area contributed by atoms with Crippen LogP contribution in [-0.4, -0.2) is 25.2 Å². The molecule has 3 aromatic rings. The topological polar surface area (TPSA) is 69.7 Å². The molecule has 2 aromatic carbocycles. The maximum atomic E-state index is 13.8. The van der Waals surface area contributed by atoms with Crippen molar-refractivity contribution in [2.45, 2.75) is 32.9 Å². The van der Waals surface area contributed by atoms with Crippen LogP contribution in [0.15, 0.2) is 47.9 Å². The second-order valence-corrected chi connectivity index (χ2v) is 13.3. The summed E-state index contributed by atoms with van der Waals surface area (Å²) in [4.78, 5) is 25.5. The molecular weight excluding hydrogens is 529 g/mol. The highest BCUT2D eigenvalue weighted by molar-refractivity contribution is 7.59. The fourth-order valence-corrected chi connectivity index (χ4v) is 6.43. The average Bonchev–Trinajstić information content (AvgIpc) is 3.17. The van der Waals surface area contributed by atoms with Crippen LogP contribution in [0.1, 0.15) is 44.0 Å². The zero-order valence-corrected chi connectivity index (χ0v) is 22.7. The van der Waals surface area contributed by atoms with Crippen LogP contribution in [0.3, 0.4) is 0 Å². The van der Waals surface area contributed by atoms with Crippen LogP contribution in [0.2, 0.25) is 5.02 Å². The molecule has 1 heterocycles. The van der Waals surface area contributed by atoms with Crippen molar-refractivity contribution in [2.24, 2.45) is 5.41 Å². The summed E-state index contributed by atoms with van der Waals surface area (Å²) in [6.45, 7) is 5.78. The van der Waals surface area contributed by atoms with Crippen LogP contribution >= 0.6 is 30.3 Å². The van der Waals surface area contributed by atoms with Gasteiger partial charge in [-0.15, -0.1) is 11.3 Å². The Balaban J connectivity index is 1.89. The van der Waals surface area contributed by atoms with Crippen LogP contribution in [0, 0.1) is 17.0 Å². The predicted octanol–water partition coefficient (Wildman–Crippen LogP) is 8.02. The van der Waals surface area contributed by atoms with E-state index in [1.165, 1.54) is 36.2 Å². The number of thiophene rings is 1. The van der Waals surface area contributed by atoms with Crippen molar-refractivity contribution in [3.8, 4) is 0 Å². The maximum Gasteiger partial charge on any atom is 0.313 e. The molecule has 0 aliphatic carbocycles. The van der Waals surface area contributed by atoms with E-state index in [2.05, 4.69) is 0 Å². The molecular formula is C26H26ClF2O5PS. The lowest BCUT2D eigenvalue weighted by Crippen LogP contribution is -2.24. The Kier molecular flexibility index (Phi) is 8.88. The maximum absolute atomic E-state index is 13.8. The highest BCUT2D eigenvalue weighted by Gasteiger charge is 2.38. The minimum Gasteiger partial charge on any atom is -0.438 e. The number of fused-ring (bicyclic) bond motifs is 1. The third-order valence-electron chi connectivity index (χ3n) is 5.32. The summed E-state index contributed by atoms with van der Waals surface area (Å²) in [5.74, 6) is -2.92. The highest BCUT2D eigenvalue weighted by Crippen LogP contribution is 2.59. The largest absolute Gasteiger partial charge is 0.438 e. The van der Waals surface area contributed by atoms with Crippen molar-refractivity contribution in [3.05, 3.63) is 75.6 Å². The molecule has 0 saturated carbocycles. The summed E-state index contributed by atoms with van der Waals surface area (Å²) >= 11 is 7.55. The first kappa shape index (κ1) is 28.2. The van der Waals surface area contributed by atoms with Gasteiger partial charge in [-0.25, -0.2) is 8.78 Å². The van der Waals surface area contributed by atoms with E-state index < -0.39 is 48.6 Å². The zero-order chi connectivity index (χ0) is 26.7. The molecule has 192 valence electrons. The molecule has 1 aromatic heterocycles. The van der Waals surface area contributed by atoms with Crippen molar-refractivity contribution < 1.29 is 32.2 Å². The first-order chi connectivity index (χ1) is 16.8. The molecule has 3 rings (SSSR count). The van der Waals surface area contributed by atoms with E-state index in [0.29, 0.717) is 21.5 Å². The van der Waals surface area contributed by atoms with Crippen molar-refractivity contribution in [2.75, 3.05) is 13.5 Å². The molecule has 2 unspecified atom stereocenters. The lowest BCUT2D eigenvalue weighted by Gasteiger charge is -2.24. The van der Waals surface area contributed by atoms with Crippen molar-refractivity contribution in [3.63, 3.8) is 0 Å². The summed E-state index contributed by atoms with van der Waals surface area (Å²) in [5, 5.41) is 2.87. The van der Waals surface area contributed by atoms with Crippen LogP contribution in [0.25, 0.3) is 16.2 Å². The summed E-state index contributed by atoms with van der Waals surface area (Å²) in [7, 11) is -3.71. The Labute approximate surface area is 217 Å². The van der Waals surface area contributed by atoms with Gasteiger partial charge < -0.3 is 4.74 Å². The van der Waals surface area contributed by atoms with Gasteiger partial charge in [0.15, 0.2) is 24.2 Å². The number of rotatable bonds is 9. The van der Waals surface area contributed by atoms with Gasteiger partial charge in [-0.05, 0) is 73.0 Å². The molecule has 0 saturated heterocycles. The van der Waals surface area contributed by atoms with E-state index in [9.17, 15) is 22.9 Å². The van der Waals surface area contributed by atoms with Gasteiger partial charge in [-0.3, -0.25) is 18.7 Å². The molecule has 0 bridgehead atoms. The molecule has 0 fully saturated rings. The number of ether oxygens (including phenoxy) is 1. The van der Waals surface area contributed by atoms with Crippen LogP contribution in [-0.2, 0) is 23.4 Å². The van der Waals surface area contributed by atoms with Gasteiger partial charge in [-0.2, -0.15) is 0 Å². The Morgan fingerprint density at radius 2 is 1.86 bits per heavy atom. The molecule has 0 spiro atoms. The Morgan fingerprint density at radius 1 is 1.14 bits per heavy atom. The zero-order valence-electron chi connectivity index (χ0n) is 20.2. The summed E-state index contributed by atoms with van der Waals surface area (Å²) in [6.07, 6.45) is 2.82. The smallest absolute Gasteiger partial charge is 0.313 e. The van der Waals surface area contributed by atoms with E-state index in [0.717, 1.165) is 16.8 Å². The normalized spacial score (nSPS) is 14.6. The highest BCUT2D eigenvalue weighted by atomic mass is 35.5. The van der Waals surface area contributed by atoms with E-state index >= 15 is 0 Å². The van der Waals surface area contributed by atoms with Gasteiger partial charge in [0.05, 0.1) is 5.41 Å². The van der Waals surface area contributed by atoms with Crippen molar-refractivity contribution in [1.82, 2.24) is 0 Å². The quantitative estimate of drug-likeness (QED) is 0.152. The summed E-state index contributed by atoms with van der Waals surface area (Å²) in [6, 6.07) is 8.61. The van der Waals surface area contributed by atoms with E-state index in [1.807, 2.05) is 6.07 Å². The van der Waals surface area contributed by atoms with Crippen LogP contribution in [0.5, 0.6) is 0 Å². The van der Waals surface area contributed by atoms with Gasteiger partial charge in [-0.1, -0.05) is 29.8 Å². The molecule has 5 nitrogen and oxygen atoms in total. The number of Topliss-reactive ketones (excluding diaryl/α,β-unsaturated/α-hetero) is 1. The second kappa shape index (κ2) is 11.3. The van der Waals surface area contributed by atoms with Crippen LogP contribution in [0.4, 0.5) is 8.78 Å². The molecule has 2 atom stereocenters. The van der Waals surface area contributed by atoms with Gasteiger partial charge in [0.1, 0.15) is 5.66 Å².